The van der Waals surface area contributed by atoms with Gasteiger partial charge in [-0.05, 0) is 47.5 Å². The molecule has 0 aliphatic rings. The van der Waals surface area contributed by atoms with E-state index < -0.39 is 0 Å². The van der Waals surface area contributed by atoms with E-state index in [0.29, 0.717) is 35.7 Å². The number of ether oxygens (including phenoxy) is 1. The first-order valence-corrected chi connectivity index (χ1v) is 11.6. The molecule has 4 aromatic carbocycles. The maximum Gasteiger partial charge on any atom is 0.255 e. The van der Waals surface area contributed by atoms with E-state index in [1.807, 2.05) is 54.6 Å². The molecule has 0 aromatic heterocycles. The summed E-state index contributed by atoms with van der Waals surface area (Å²) in [6.07, 6.45) is 0.788. The van der Waals surface area contributed by atoms with Crippen molar-refractivity contribution < 1.29 is 14.3 Å². The lowest BCUT2D eigenvalue weighted by molar-refractivity contribution is 0.0784. The van der Waals surface area contributed by atoms with Crippen LogP contribution in [0.5, 0.6) is 5.75 Å². The number of nitrogens with one attached hydrogen (secondary N) is 1. The van der Waals surface area contributed by atoms with Crippen molar-refractivity contribution in [3.8, 4) is 5.75 Å². The second-order valence-corrected chi connectivity index (χ2v) is 8.29. The van der Waals surface area contributed by atoms with Crippen LogP contribution < -0.4 is 10.1 Å². The molecule has 2 amide bonds. The van der Waals surface area contributed by atoms with E-state index in [4.69, 9.17) is 4.74 Å². The van der Waals surface area contributed by atoms with Crippen LogP contribution in [0.25, 0.3) is 0 Å². The number of nitrogens with zero attached hydrogens (tertiary/aromatic N) is 1. The predicted octanol–water partition coefficient (Wildman–Crippen LogP) is 5.83. The summed E-state index contributed by atoms with van der Waals surface area (Å²) in [6, 6.07) is 34.0. The Morgan fingerprint density at radius 1 is 0.743 bits per heavy atom. The van der Waals surface area contributed by atoms with Crippen molar-refractivity contribution in [3.63, 3.8) is 0 Å². The summed E-state index contributed by atoms with van der Waals surface area (Å²) in [6.45, 7) is 1.03. The Kier molecular flexibility index (Phi) is 7.92. The molecule has 0 heterocycles. The third-order valence-corrected chi connectivity index (χ3v) is 5.58. The van der Waals surface area contributed by atoms with Crippen LogP contribution in [0, 0.1) is 0 Å². The maximum absolute atomic E-state index is 12.9. The first-order chi connectivity index (χ1) is 17.1. The summed E-state index contributed by atoms with van der Waals surface area (Å²) in [5, 5.41) is 2.89. The second-order valence-electron chi connectivity index (χ2n) is 8.29. The standard InChI is InChI=1S/C30H28N2O3/c1-32(22-24-12-6-3-7-13-24)30(34)26-15-8-16-27(20-26)31-29(33)25-14-9-17-28(21-25)35-19-18-23-10-4-2-5-11-23/h2-17,20-21H,18-19,22H2,1H3,(H,31,33). The normalized spacial score (nSPS) is 10.4. The van der Waals surface area contributed by atoms with Gasteiger partial charge in [0.05, 0.1) is 6.61 Å². The lowest BCUT2D eigenvalue weighted by atomic mass is 10.1. The Morgan fingerprint density at radius 3 is 2.14 bits per heavy atom. The van der Waals surface area contributed by atoms with E-state index in [1.54, 1.807) is 54.4 Å². The number of benzene rings is 4. The summed E-state index contributed by atoms with van der Waals surface area (Å²) in [7, 11) is 1.77. The van der Waals surface area contributed by atoms with Crippen LogP contribution in [0.15, 0.2) is 109 Å². The minimum atomic E-state index is -0.263. The largest absolute Gasteiger partial charge is 0.493 e. The third-order valence-electron chi connectivity index (χ3n) is 5.58. The van der Waals surface area contributed by atoms with Gasteiger partial charge in [-0.2, -0.15) is 0 Å². The van der Waals surface area contributed by atoms with Crippen molar-refractivity contribution in [2.75, 3.05) is 19.0 Å². The fourth-order valence-electron chi connectivity index (χ4n) is 3.74. The van der Waals surface area contributed by atoms with E-state index in [1.165, 1.54) is 5.56 Å². The van der Waals surface area contributed by atoms with Crippen LogP contribution in [0.1, 0.15) is 31.8 Å². The quantitative estimate of drug-likeness (QED) is 0.339. The highest BCUT2D eigenvalue weighted by atomic mass is 16.5. The van der Waals surface area contributed by atoms with Crippen LogP contribution in [0.2, 0.25) is 0 Å². The van der Waals surface area contributed by atoms with E-state index >= 15 is 0 Å². The highest BCUT2D eigenvalue weighted by Crippen LogP contribution is 2.18. The SMILES string of the molecule is CN(Cc1ccccc1)C(=O)c1cccc(NC(=O)c2cccc(OCCc3ccccc3)c2)c1. The molecule has 0 radical (unpaired) electrons. The number of hydrogen-bond donors (Lipinski definition) is 1. The summed E-state index contributed by atoms with van der Waals surface area (Å²) < 4.78 is 5.85. The van der Waals surface area contributed by atoms with Gasteiger partial charge in [0.15, 0.2) is 0 Å². The highest BCUT2D eigenvalue weighted by molar-refractivity contribution is 6.05. The molecule has 176 valence electrons. The molecule has 4 aromatic rings. The molecule has 0 saturated carbocycles. The molecule has 5 heteroatoms. The van der Waals surface area contributed by atoms with Crippen molar-refractivity contribution in [1.82, 2.24) is 4.90 Å². The van der Waals surface area contributed by atoms with Crippen LogP contribution in [0.3, 0.4) is 0 Å². The van der Waals surface area contributed by atoms with Crippen LogP contribution in [-0.2, 0) is 13.0 Å². The highest BCUT2D eigenvalue weighted by Gasteiger charge is 2.14. The fraction of sp³-hybridized carbons (Fsp3) is 0.133. The Labute approximate surface area is 206 Å². The van der Waals surface area contributed by atoms with Crippen molar-refractivity contribution in [2.24, 2.45) is 0 Å². The van der Waals surface area contributed by atoms with Crippen molar-refractivity contribution in [3.05, 3.63) is 131 Å². The van der Waals surface area contributed by atoms with Gasteiger partial charge in [0.1, 0.15) is 5.75 Å². The number of hydrogen-bond acceptors (Lipinski definition) is 3. The second kappa shape index (κ2) is 11.7. The molecule has 0 unspecified atom stereocenters. The van der Waals surface area contributed by atoms with Crippen LogP contribution >= 0.6 is 0 Å². The Hall–Kier alpha value is -4.38. The van der Waals surface area contributed by atoms with Crippen LogP contribution in [0.4, 0.5) is 5.69 Å². The molecule has 0 fully saturated rings. The number of rotatable bonds is 9. The molecular formula is C30H28N2O3. The Balaban J connectivity index is 1.36. The van der Waals surface area contributed by atoms with E-state index in [0.717, 1.165) is 12.0 Å². The molecule has 0 aliphatic carbocycles. The molecule has 5 nitrogen and oxygen atoms in total. The molecule has 0 atom stereocenters. The molecule has 0 aliphatic heterocycles. The average Bonchev–Trinajstić information content (AvgIpc) is 2.90. The molecule has 0 spiro atoms. The molecular weight excluding hydrogens is 436 g/mol. The number of carbonyl (C=O) groups is 2. The number of amides is 2. The van der Waals surface area contributed by atoms with E-state index in [-0.39, 0.29) is 11.8 Å². The maximum atomic E-state index is 12.9. The van der Waals surface area contributed by atoms with Gasteiger partial charge in [0.2, 0.25) is 0 Å². The summed E-state index contributed by atoms with van der Waals surface area (Å²) in [5.74, 6) is 0.263. The molecule has 1 N–H and O–H groups in total. The summed E-state index contributed by atoms with van der Waals surface area (Å²) in [4.78, 5) is 27.4. The monoisotopic (exact) mass is 464 g/mol. The zero-order valence-corrected chi connectivity index (χ0v) is 19.7. The molecule has 4 rings (SSSR count). The summed E-state index contributed by atoms with van der Waals surface area (Å²) >= 11 is 0. The molecule has 0 bridgehead atoms. The minimum absolute atomic E-state index is 0.112. The van der Waals surface area contributed by atoms with Gasteiger partial charge in [0, 0.05) is 36.8 Å². The van der Waals surface area contributed by atoms with Gasteiger partial charge in [0.25, 0.3) is 11.8 Å². The van der Waals surface area contributed by atoms with Gasteiger partial charge >= 0.3 is 0 Å². The van der Waals surface area contributed by atoms with Gasteiger partial charge in [-0.15, -0.1) is 0 Å². The summed E-state index contributed by atoms with van der Waals surface area (Å²) in [5.41, 5.74) is 3.81. The number of anilines is 1. The van der Waals surface area contributed by atoms with Gasteiger partial charge in [-0.1, -0.05) is 72.8 Å². The number of carbonyl (C=O) groups excluding carboxylic acids is 2. The minimum Gasteiger partial charge on any atom is -0.493 e. The lowest BCUT2D eigenvalue weighted by Crippen LogP contribution is -2.26. The van der Waals surface area contributed by atoms with Crippen molar-refractivity contribution >= 4 is 17.5 Å². The van der Waals surface area contributed by atoms with E-state index in [2.05, 4.69) is 17.4 Å². The van der Waals surface area contributed by atoms with Crippen molar-refractivity contribution in [1.29, 1.82) is 0 Å². The predicted molar refractivity (Wildman–Crippen MR) is 139 cm³/mol. The molecule has 35 heavy (non-hydrogen) atoms. The van der Waals surface area contributed by atoms with Crippen LogP contribution in [-0.4, -0.2) is 30.4 Å². The zero-order chi connectivity index (χ0) is 24.5. The first kappa shape index (κ1) is 23.8. The van der Waals surface area contributed by atoms with Gasteiger partial charge in [-0.3, -0.25) is 9.59 Å². The average molecular weight is 465 g/mol. The van der Waals surface area contributed by atoms with Crippen molar-refractivity contribution in [2.45, 2.75) is 13.0 Å². The third kappa shape index (κ3) is 6.81. The fourth-order valence-corrected chi connectivity index (χ4v) is 3.74. The Bertz CT molecular complexity index is 1270. The lowest BCUT2D eigenvalue weighted by Gasteiger charge is -2.18. The smallest absolute Gasteiger partial charge is 0.255 e. The first-order valence-electron chi connectivity index (χ1n) is 11.6. The molecule has 0 saturated heterocycles. The van der Waals surface area contributed by atoms with E-state index in [9.17, 15) is 9.59 Å². The van der Waals surface area contributed by atoms with Gasteiger partial charge in [-0.25, -0.2) is 0 Å². The topological polar surface area (TPSA) is 58.6 Å². The van der Waals surface area contributed by atoms with Gasteiger partial charge < -0.3 is 15.0 Å². The zero-order valence-electron chi connectivity index (χ0n) is 19.7. The Morgan fingerprint density at radius 2 is 1.40 bits per heavy atom.